The van der Waals surface area contributed by atoms with Gasteiger partial charge in [0.2, 0.25) is 0 Å². The third kappa shape index (κ3) is 4.13. The lowest BCUT2D eigenvalue weighted by Gasteiger charge is -2.07. The second-order valence-corrected chi connectivity index (χ2v) is 7.41. The molecule has 1 aromatic carbocycles. The first-order chi connectivity index (χ1) is 13.7. The number of benzene rings is 1. The Hall–Kier alpha value is -3.36. The van der Waals surface area contributed by atoms with Crippen LogP contribution in [0.4, 0.5) is 11.4 Å². The van der Waals surface area contributed by atoms with Gasteiger partial charge in [0.25, 0.3) is 11.8 Å². The summed E-state index contributed by atoms with van der Waals surface area (Å²) in [6, 6.07) is 12.1. The molecule has 3 aromatic heterocycles. The van der Waals surface area contributed by atoms with Crippen molar-refractivity contribution in [2.24, 2.45) is 0 Å². The van der Waals surface area contributed by atoms with Gasteiger partial charge in [-0.15, -0.1) is 11.3 Å². The Labute approximate surface area is 168 Å². The highest BCUT2D eigenvalue weighted by molar-refractivity contribution is 7.14. The normalized spacial score (nSPS) is 10.4. The predicted octanol–water partition coefficient (Wildman–Crippen LogP) is 4.77. The van der Waals surface area contributed by atoms with Crippen LogP contribution in [0, 0.1) is 0 Å². The summed E-state index contributed by atoms with van der Waals surface area (Å²) in [7, 11) is 0. The Kier molecular flexibility index (Phi) is 5.22. The summed E-state index contributed by atoms with van der Waals surface area (Å²) in [5.74, 6) is -0.583. The molecular formula is C20H14N4O2S2. The van der Waals surface area contributed by atoms with Crippen LogP contribution in [-0.2, 0) is 0 Å². The lowest BCUT2D eigenvalue weighted by Crippen LogP contribution is -2.15. The predicted molar refractivity (Wildman–Crippen MR) is 112 cm³/mol. The highest BCUT2D eigenvalue weighted by Gasteiger charge is 2.13. The minimum atomic E-state index is -0.315. The van der Waals surface area contributed by atoms with E-state index in [-0.39, 0.29) is 11.8 Å². The van der Waals surface area contributed by atoms with E-state index in [1.165, 1.54) is 11.3 Å². The van der Waals surface area contributed by atoms with Crippen LogP contribution in [0.25, 0.3) is 10.6 Å². The average Bonchev–Trinajstić information content (AvgIpc) is 3.41. The minimum absolute atomic E-state index is 0.268. The molecule has 0 aliphatic heterocycles. The van der Waals surface area contributed by atoms with Crippen molar-refractivity contribution < 1.29 is 9.59 Å². The number of hydrogen-bond donors (Lipinski definition) is 2. The van der Waals surface area contributed by atoms with Crippen molar-refractivity contribution >= 4 is 45.9 Å². The first kappa shape index (κ1) is 18.0. The molecule has 138 valence electrons. The van der Waals surface area contributed by atoms with Gasteiger partial charge in [-0.1, -0.05) is 6.07 Å². The molecule has 2 amide bonds. The number of nitrogens with zero attached hydrogens (tertiary/aromatic N) is 2. The van der Waals surface area contributed by atoms with E-state index in [0.29, 0.717) is 22.6 Å². The fourth-order valence-electron chi connectivity index (χ4n) is 2.47. The molecule has 0 saturated heterocycles. The van der Waals surface area contributed by atoms with Gasteiger partial charge in [0.05, 0.1) is 0 Å². The quantitative estimate of drug-likeness (QED) is 0.500. The van der Waals surface area contributed by atoms with Gasteiger partial charge < -0.3 is 10.6 Å². The molecule has 0 unspecified atom stereocenters. The smallest absolute Gasteiger partial charge is 0.275 e. The largest absolute Gasteiger partial charge is 0.322 e. The summed E-state index contributed by atoms with van der Waals surface area (Å²) >= 11 is 3.01. The summed E-state index contributed by atoms with van der Waals surface area (Å²) < 4.78 is 0. The Morgan fingerprint density at radius 2 is 1.71 bits per heavy atom. The molecule has 0 spiro atoms. The second kappa shape index (κ2) is 8.12. The standard InChI is InChI=1S/C20H14N4O2S2/c25-18(22-15-4-7-21-8-5-15)13-2-1-3-16(10-13)23-19(26)17-12-28-20(24-17)14-6-9-27-11-14/h1-12H,(H,23,26)(H,21,22,25). The van der Waals surface area contributed by atoms with Crippen molar-refractivity contribution in [3.05, 3.63) is 82.3 Å². The van der Waals surface area contributed by atoms with Gasteiger partial charge in [-0.25, -0.2) is 4.98 Å². The van der Waals surface area contributed by atoms with Crippen LogP contribution in [-0.4, -0.2) is 21.8 Å². The maximum atomic E-state index is 12.5. The van der Waals surface area contributed by atoms with Gasteiger partial charge in [0.15, 0.2) is 0 Å². The average molecular weight is 406 g/mol. The summed E-state index contributed by atoms with van der Waals surface area (Å²) in [5, 5.41) is 12.1. The van der Waals surface area contributed by atoms with Crippen LogP contribution >= 0.6 is 22.7 Å². The van der Waals surface area contributed by atoms with Crippen LogP contribution < -0.4 is 10.6 Å². The number of nitrogens with one attached hydrogen (secondary N) is 2. The van der Waals surface area contributed by atoms with Crippen molar-refractivity contribution in [2.45, 2.75) is 0 Å². The van der Waals surface area contributed by atoms with Gasteiger partial charge in [0.1, 0.15) is 10.7 Å². The van der Waals surface area contributed by atoms with E-state index in [9.17, 15) is 9.59 Å². The highest BCUT2D eigenvalue weighted by Crippen LogP contribution is 2.26. The summed E-state index contributed by atoms with van der Waals surface area (Å²) in [4.78, 5) is 33.2. The monoisotopic (exact) mass is 406 g/mol. The molecule has 8 heteroatoms. The molecule has 0 aliphatic carbocycles. The van der Waals surface area contributed by atoms with Gasteiger partial charge in [-0.3, -0.25) is 14.6 Å². The molecule has 4 aromatic rings. The third-order valence-electron chi connectivity index (χ3n) is 3.83. The Bertz CT molecular complexity index is 1110. The van der Waals surface area contributed by atoms with Gasteiger partial charge in [-0.05, 0) is 41.8 Å². The van der Waals surface area contributed by atoms with E-state index >= 15 is 0 Å². The maximum absolute atomic E-state index is 12.5. The molecule has 2 N–H and O–H groups in total. The van der Waals surface area contributed by atoms with Crippen LogP contribution in [0.1, 0.15) is 20.8 Å². The van der Waals surface area contributed by atoms with E-state index < -0.39 is 0 Å². The Morgan fingerprint density at radius 3 is 2.50 bits per heavy atom. The number of pyridine rings is 1. The molecule has 0 atom stereocenters. The molecule has 4 rings (SSSR count). The number of amides is 2. The van der Waals surface area contributed by atoms with Crippen LogP contribution in [0.15, 0.2) is 71.0 Å². The van der Waals surface area contributed by atoms with Crippen LogP contribution in [0.3, 0.4) is 0 Å². The lowest BCUT2D eigenvalue weighted by molar-refractivity contribution is 0.101. The van der Waals surface area contributed by atoms with E-state index in [0.717, 1.165) is 10.6 Å². The molecule has 0 bridgehead atoms. The number of hydrogen-bond acceptors (Lipinski definition) is 6. The van der Waals surface area contributed by atoms with Crippen LogP contribution in [0.5, 0.6) is 0 Å². The number of rotatable bonds is 5. The van der Waals surface area contributed by atoms with E-state index in [2.05, 4.69) is 20.6 Å². The van der Waals surface area contributed by atoms with Crippen molar-refractivity contribution in [1.29, 1.82) is 0 Å². The Balaban J connectivity index is 1.46. The number of thiophene rings is 1. The summed E-state index contributed by atoms with van der Waals surface area (Å²) in [6.45, 7) is 0. The zero-order valence-electron chi connectivity index (χ0n) is 14.5. The third-order valence-corrected chi connectivity index (χ3v) is 5.40. The zero-order valence-corrected chi connectivity index (χ0v) is 16.1. The molecule has 0 aliphatic rings. The molecule has 0 saturated carbocycles. The molecule has 28 heavy (non-hydrogen) atoms. The van der Waals surface area contributed by atoms with Crippen molar-refractivity contribution in [3.8, 4) is 10.6 Å². The van der Waals surface area contributed by atoms with Crippen molar-refractivity contribution in [2.75, 3.05) is 10.6 Å². The number of thiazole rings is 1. The zero-order chi connectivity index (χ0) is 19.3. The SMILES string of the molecule is O=C(Nc1ccncc1)c1cccc(NC(=O)c2csc(-c3ccsc3)n2)c1. The summed E-state index contributed by atoms with van der Waals surface area (Å²) in [6.07, 6.45) is 3.20. The van der Waals surface area contributed by atoms with E-state index in [4.69, 9.17) is 0 Å². The van der Waals surface area contributed by atoms with Crippen molar-refractivity contribution in [1.82, 2.24) is 9.97 Å². The first-order valence-electron chi connectivity index (χ1n) is 8.30. The van der Waals surface area contributed by atoms with E-state index in [1.54, 1.807) is 65.5 Å². The summed E-state index contributed by atoms with van der Waals surface area (Å²) in [5.41, 5.74) is 2.96. The first-order valence-corrected chi connectivity index (χ1v) is 10.1. The number of aromatic nitrogens is 2. The highest BCUT2D eigenvalue weighted by atomic mass is 32.1. The maximum Gasteiger partial charge on any atom is 0.275 e. The fourth-order valence-corrected chi connectivity index (χ4v) is 3.98. The van der Waals surface area contributed by atoms with Gasteiger partial charge in [-0.2, -0.15) is 11.3 Å². The molecule has 6 nitrogen and oxygen atoms in total. The molecular weight excluding hydrogens is 392 g/mol. The topological polar surface area (TPSA) is 84.0 Å². The molecule has 0 fully saturated rings. The fraction of sp³-hybridized carbons (Fsp3) is 0. The number of carbonyl (C=O) groups excluding carboxylic acids is 2. The van der Waals surface area contributed by atoms with E-state index in [1.807, 2.05) is 16.8 Å². The molecule has 0 radical (unpaired) electrons. The van der Waals surface area contributed by atoms with Gasteiger partial charge in [0, 0.05) is 45.7 Å². The second-order valence-electron chi connectivity index (χ2n) is 5.77. The van der Waals surface area contributed by atoms with Gasteiger partial charge >= 0.3 is 0 Å². The Morgan fingerprint density at radius 1 is 0.893 bits per heavy atom. The minimum Gasteiger partial charge on any atom is -0.322 e. The molecule has 3 heterocycles. The van der Waals surface area contributed by atoms with Crippen molar-refractivity contribution in [3.63, 3.8) is 0 Å². The number of anilines is 2. The lowest BCUT2D eigenvalue weighted by atomic mass is 10.2. The van der Waals surface area contributed by atoms with Crippen LogP contribution in [0.2, 0.25) is 0 Å². The number of carbonyl (C=O) groups is 2.